The minimum atomic E-state index is -0.785. The lowest BCUT2D eigenvalue weighted by Crippen LogP contribution is -2.44. The van der Waals surface area contributed by atoms with Gasteiger partial charge in [0.1, 0.15) is 6.04 Å². The summed E-state index contributed by atoms with van der Waals surface area (Å²) in [5.41, 5.74) is 1.59. The number of amides is 2. The van der Waals surface area contributed by atoms with Crippen molar-refractivity contribution in [1.29, 1.82) is 0 Å². The van der Waals surface area contributed by atoms with E-state index in [9.17, 15) is 19.2 Å². The van der Waals surface area contributed by atoms with Gasteiger partial charge >= 0.3 is 12.0 Å². The van der Waals surface area contributed by atoms with Crippen molar-refractivity contribution in [3.63, 3.8) is 0 Å². The molecule has 1 atom stereocenters. The quantitative estimate of drug-likeness (QED) is 0.647. The monoisotopic (exact) mass is 394 g/mol. The highest BCUT2D eigenvalue weighted by Gasteiger charge is 2.29. The van der Waals surface area contributed by atoms with Crippen molar-refractivity contribution in [2.45, 2.75) is 26.3 Å². The Morgan fingerprint density at radius 2 is 1.52 bits per heavy atom. The van der Waals surface area contributed by atoms with Crippen molar-refractivity contribution < 1.29 is 23.9 Å². The number of carbonyl (C=O) groups excluding carboxylic acids is 4. The number of ether oxygens (including phenoxy) is 1. The Hall–Kier alpha value is -3.48. The van der Waals surface area contributed by atoms with Crippen LogP contribution in [0, 0.1) is 5.92 Å². The third-order valence-electron chi connectivity index (χ3n) is 4.68. The van der Waals surface area contributed by atoms with Crippen LogP contribution in [0.3, 0.4) is 0 Å². The number of benzene rings is 2. The first-order valence-electron chi connectivity index (χ1n) is 9.29. The van der Waals surface area contributed by atoms with Gasteiger partial charge in [0.2, 0.25) is 0 Å². The number of esters is 1. The number of fused-ring (bicyclic) bond motifs is 2. The van der Waals surface area contributed by atoms with Crippen LogP contribution in [0.15, 0.2) is 42.5 Å². The average Bonchev–Trinajstić information content (AvgIpc) is 2.70. The van der Waals surface area contributed by atoms with E-state index in [0.29, 0.717) is 28.8 Å². The highest BCUT2D eigenvalue weighted by Crippen LogP contribution is 2.29. The summed E-state index contributed by atoms with van der Waals surface area (Å²) in [7, 11) is 1.26. The number of urea groups is 1. The zero-order chi connectivity index (χ0) is 21.1. The van der Waals surface area contributed by atoms with Crippen LogP contribution in [0.1, 0.15) is 52.1 Å². The van der Waals surface area contributed by atoms with Gasteiger partial charge in [-0.3, -0.25) is 9.59 Å². The Bertz CT molecular complexity index is 996. The number of hydrogen-bond donors (Lipinski definition) is 2. The maximum Gasteiger partial charge on any atom is 0.328 e. The molecule has 1 aliphatic carbocycles. The number of hydrogen-bond acceptors (Lipinski definition) is 5. The van der Waals surface area contributed by atoms with Gasteiger partial charge in [0.15, 0.2) is 11.6 Å². The van der Waals surface area contributed by atoms with Gasteiger partial charge in [-0.1, -0.05) is 38.1 Å². The molecule has 2 amide bonds. The molecule has 7 heteroatoms. The fraction of sp³-hybridized carbons (Fsp3) is 0.273. The number of rotatable bonds is 5. The lowest BCUT2D eigenvalue weighted by atomic mass is 9.84. The van der Waals surface area contributed by atoms with Crippen molar-refractivity contribution in [3.05, 3.63) is 64.7 Å². The molecule has 1 aliphatic rings. The molecule has 3 rings (SSSR count). The van der Waals surface area contributed by atoms with E-state index >= 15 is 0 Å². The standard InChI is InChI=1S/C22H22N2O5/c1-12(2)10-18(21(27)29-3)24-22(28)23-13-8-9-16-17(11-13)20(26)15-7-5-4-6-14(15)19(16)25/h4-9,11-12,18H,10H2,1-3H3,(H2,23,24,28). The van der Waals surface area contributed by atoms with Gasteiger partial charge < -0.3 is 15.4 Å². The number of carbonyl (C=O) groups is 4. The topological polar surface area (TPSA) is 102 Å². The fourth-order valence-electron chi connectivity index (χ4n) is 3.33. The van der Waals surface area contributed by atoms with Crippen molar-refractivity contribution in [1.82, 2.24) is 5.32 Å². The van der Waals surface area contributed by atoms with E-state index < -0.39 is 18.0 Å². The second-order valence-corrected chi connectivity index (χ2v) is 7.27. The van der Waals surface area contributed by atoms with Crippen LogP contribution in [-0.4, -0.2) is 36.7 Å². The van der Waals surface area contributed by atoms with Gasteiger partial charge in [0.25, 0.3) is 0 Å². The summed E-state index contributed by atoms with van der Waals surface area (Å²) in [4.78, 5) is 49.6. The number of anilines is 1. The third-order valence-corrected chi connectivity index (χ3v) is 4.68. The van der Waals surface area contributed by atoms with E-state index in [1.165, 1.54) is 19.2 Å². The van der Waals surface area contributed by atoms with Crippen molar-refractivity contribution >= 4 is 29.3 Å². The lowest BCUT2D eigenvalue weighted by Gasteiger charge is -2.20. The zero-order valence-electron chi connectivity index (χ0n) is 16.4. The van der Waals surface area contributed by atoms with Gasteiger partial charge in [-0.05, 0) is 30.5 Å². The number of nitrogens with one attached hydrogen (secondary N) is 2. The predicted molar refractivity (Wildman–Crippen MR) is 107 cm³/mol. The average molecular weight is 394 g/mol. The van der Waals surface area contributed by atoms with Crippen LogP contribution in [0.2, 0.25) is 0 Å². The maximum absolute atomic E-state index is 12.8. The smallest absolute Gasteiger partial charge is 0.328 e. The molecule has 0 fully saturated rings. The minimum Gasteiger partial charge on any atom is -0.467 e. The molecule has 0 spiro atoms. The fourth-order valence-corrected chi connectivity index (χ4v) is 3.33. The first-order chi connectivity index (χ1) is 13.8. The minimum absolute atomic E-state index is 0.173. The molecule has 0 aliphatic heterocycles. The normalized spacial score (nSPS) is 13.4. The Morgan fingerprint density at radius 3 is 2.10 bits per heavy atom. The van der Waals surface area contributed by atoms with Gasteiger partial charge in [-0.2, -0.15) is 0 Å². The van der Waals surface area contributed by atoms with E-state index in [1.807, 2.05) is 13.8 Å². The van der Waals surface area contributed by atoms with E-state index in [-0.39, 0.29) is 23.0 Å². The van der Waals surface area contributed by atoms with Crippen LogP contribution >= 0.6 is 0 Å². The molecule has 2 aromatic carbocycles. The Labute approximate surface area is 168 Å². The van der Waals surface area contributed by atoms with Crippen LogP contribution in [-0.2, 0) is 9.53 Å². The molecule has 0 radical (unpaired) electrons. The van der Waals surface area contributed by atoms with Crippen molar-refractivity contribution in [3.8, 4) is 0 Å². The van der Waals surface area contributed by atoms with Gasteiger partial charge in [0.05, 0.1) is 7.11 Å². The summed E-state index contributed by atoms with van der Waals surface area (Å²) in [5.74, 6) is -0.857. The largest absolute Gasteiger partial charge is 0.467 e. The van der Waals surface area contributed by atoms with Crippen LogP contribution in [0.25, 0.3) is 0 Å². The van der Waals surface area contributed by atoms with Gasteiger partial charge in [-0.25, -0.2) is 9.59 Å². The Morgan fingerprint density at radius 1 is 0.931 bits per heavy atom. The SMILES string of the molecule is COC(=O)C(CC(C)C)NC(=O)Nc1ccc2c(c1)C(=O)c1ccccc1C2=O. The molecule has 2 N–H and O–H groups in total. The molecule has 150 valence electrons. The first-order valence-corrected chi connectivity index (χ1v) is 9.29. The maximum atomic E-state index is 12.8. The molecule has 29 heavy (non-hydrogen) atoms. The molecule has 1 unspecified atom stereocenters. The summed E-state index contributed by atoms with van der Waals surface area (Å²) in [6, 6.07) is 9.80. The zero-order valence-corrected chi connectivity index (χ0v) is 16.4. The highest BCUT2D eigenvalue weighted by atomic mass is 16.5. The predicted octanol–water partition coefficient (Wildman–Crippen LogP) is 3.17. The first kappa shape index (κ1) is 20.3. The summed E-state index contributed by atoms with van der Waals surface area (Å²) in [5, 5.41) is 5.20. The summed E-state index contributed by atoms with van der Waals surface area (Å²) >= 11 is 0. The van der Waals surface area contributed by atoms with Gasteiger partial charge in [0, 0.05) is 27.9 Å². The van der Waals surface area contributed by atoms with E-state index in [0.717, 1.165) is 0 Å². The number of methoxy groups -OCH3 is 1. The molecule has 7 nitrogen and oxygen atoms in total. The molecule has 0 bridgehead atoms. The van der Waals surface area contributed by atoms with E-state index in [1.54, 1.807) is 30.3 Å². The molecule has 0 saturated heterocycles. The summed E-state index contributed by atoms with van der Waals surface area (Å²) < 4.78 is 4.73. The molecule has 0 aromatic heterocycles. The summed E-state index contributed by atoms with van der Waals surface area (Å²) in [6.45, 7) is 3.86. The molecule has 2 aromatic rings. The highest BCUT2D eigenvalue weighted by molar-refractivity contribution is 6.28. The third kappa shape index (κ3) is 4.18. The second kappa shape index (κ2) is 8.26. The summed E-state index contributed by atoms with van der Waals surface area (Å²) in [6.07, 6.45) is 0.425. The van der Waals surface area contributed by atoms with Crippen molar-refractivity contribution in [2.75, 3.05) is 12.4 Å². The Kier molecular flexibility index (Phi) is 5.77. The molecular weight excluding hydrogens is 372 g/mol. The van der Waals surface area contributed by atoms with Crippen LogP contribution in [0.4, 0.5) is 10.5 Å². The molecule has 0 heterocycles. The van der Waals surface area contributed by atoms with E-state index in [2.05, 4.69) is 10.6 Å². The van der Waals surface area contributed by atoms with Gasteiger partial charge in [-0.15, -0.1) is 0 Å². The number of ketones is 2. The van der Waals surface area contributed by atoms with Crippen LogP contribution < -0.4 is 10.6 Å². The molecule has 0 saturated carbocycles. The van der Waals surface area contributed by atoms with E-state index in [4.69, 9.17) is 4.74 Å². The molecular formula is C22H22N2O5. The second-order valence-electron chi connectivity index (χ2n) is 7.27. The van der Waals surface area contributed by atoms with Crippen molar-refractivity contribution in [2.24, 2.45) is 5.92 Å². The van der Waals surface area contributed by atoms with Crippen LogP contribution in [0.5, 0.6) is 0 Å². The Balaban J connectivity index is 1.80. The lowest BCUT2D eigenvalue weighted by molar-refractivity contribution is -0.143.